The summed E-state index contributed by atoms with van der Waals surface area (Å²) in [6.45, 7) is 4.42. The fraction of sp³-hybridized carbons (Fsp3) is 0.500. The smallest absolute Gasteiger partial charge is 0.0169 e. The van der Waals surface area contributed by atoms with E-state index in [-0.39, 0.29) is 0 Å². The number of unbranched alkanes of at least 4 members (excludes halogenated alkanes) is 3. The Morgan fingerprint density at radius 3 is 1.17 bits per heavy atom. The molecule has 0 fully saturated rings. The lowest BCUT2D eigenvalue weighted by atomic mass is 10.2. The van der Waals surface area contributed by atoms with Crippen LogP contribution in [0.25, 0.3) is 0 Å². The Morgan fingerprint density at radius 1 is 0.417 bits per heavy atom. The van der Waals surface area contributed by atoms with E-state index in [0.29, 0.717) is 0 Å². The van der Waals surface area contributed by atoms with Crippen LogP contribution < -0.4 is 0 Å². The molecular formula is C24H38. The van der Waals surface area contributed by atoms with Gasteiger partial charge in [0.2, 0.25) is 0 Å². The first-order valence-corrected chi connectivity index (χ1v) is 9.81. The third-order valence-electron chi connectivity index (χ3n) is 3.57. The van der Waals surface area contributed by atoms with Gasteiger partial charge in [-0.15, -0.1) is 0 Å². The summed E-state index contributed by atoms with van der Waals surface area (Å²) in [7, 11) is 0. The highest BCUT2D eigenvalue weighted by Crippen LogP contribution is 2.01. The molecule has 0 spiro atoms. The van der Waals surface area contributed by atoms with Crippen LogP contribution in [0, 0.1) is 0 Å². The van der Waals surface area contributed by atoms with Crippen molar-refractivity contribution in [2.45, 2.75) is 78.1 Å². The molecule has 0 heteroatoms. The van der Waals surface area contributed by atoms with E-state index in [0.717, 1.165) is 38.5 Å². The van der Waals surface area contributed by atoms with Crippen molar-refractivity contribution in [1.82, 2.24) is 0 Å². The molecule has 0 bridgehead atoms. The van der Waals surface area contributed by atoms with Crippen molar-refractivity contribution in [3.8, 4) is 0 Å². The molecular weight excluding hydrogens is 288 g/mol. The van der Waals surface area contributed by atoms with Crippen LogP contribution in [0.4, 0.5) is 0 Å². The van der Waals surface area contributed by atoms with Gasteiger partial charge in [0.15, 0.2) is 0 Å². The molecule has 0 aromatic rings. The Morgan fingerprint density at radius 2 is 0.792 bits per heavy atom. The molecule has 0 unspecified atom stereocenters. The topological polar surface area (TPSA) is 0 Å². The Labute approximate surface area is 151 Å². The second-order valence-corrected chi connectivity index (χ2v) is 5.91. The highest BCUT2D eigenvalue weighted by Gasteiger charge is 1.80. The van der Waals surface area contributed by atoms with Gasteiger partial charge < -0.3 is 0 Å². The van der Waals surface area contributed by atoms with Crippen LogP contribution in [0.5, 0.6) is 0 Å². The summed E-state index contributed by atoms with van der Waals surface area (Å²) in [4.78, 5) is 0. The standard InChI is InChI=1S/C24H38/c1-3-5-7-9-11-13-15-17-19-21-23-24-22-20-18-16-14-12-10-8-6-4-2/h5,7,11-14,17-20,23-24H,3-4,6,8-10,15-16,21-22H2,1-2H3/b7-5?,13-11?,14-12-,19-17?,20-18?,24-23?. The molecule has 0 amide bonds. The van der Waals surface area contributed by atoms with Crippen LogP contribution in [-0.2, 0) is 0 Å². The van der Waals surface area contributed by atoms with Crippen molar-refractivity contribution >= 4 is 0 Å². The molecule has 0 aliphatic heterocycles. The van der Waals surface area contributed by atoms with Gasteiger partial charge in [-0.25, -0.2) is 0 Å². The lowest BCUT2D eigenvalue weighted by Gasteiger charge is -1.90. The van der Waals surface area contributed by atoms with E-state index >= 15 is 0 Å². The zero-order valence-corrected chi connectivity index (χ0v) is 16.0. The summed E-state index contributed by atoms with van der Waals surface area (Å²) in [5.41, 5.74) is 0. The van der Waals surface area contributed by atoms with E-state index in [1.54, 1.807) is 0 Å². The molecule has 0 aliphatic rings. The van der Waals surface area contributed by atoms with E-state index < -0.39 is 0 Å². The first-order chi connectivity index (χ1) is 11.9. The van der Waals surface area contributed by atoms with Crippen LogP contribution in [-0.4, -0.2) is 0 Å². The zero-order valence-electron chi connectivity index (χ0n) is 16.0. The molecule has 0 atom stereocenters. The molecule has 0 saturated carbocycles. The van der Waals surface area contributed by atoms with Crippen molar-refractivity contribution < 1.29 is 0 Å². The van der Waals surface area contributed by atoms with Crippen LogP contribution in [0.3, 0.4) is 0 Å². The fourth-order valence-corrected chi connectivity index (χ4v) is 2.15. The largest absolute Gasteiger partial charge is 0.0885 e. The monoisotopic (exact) mass is 326 g/mol. The first-order valence-electron chi connectivity index (χ1n) is 9.81. The molecule has 0 rings (SSSR count). The van der Waals surface area contributed by atoms with Gasteiger partial charge in [0.25, 0.3) is 0 Å². The molecule has 0 saturated heterocycles. The molecule has 0 aliphatic carbocycles. The molecule has 0 N–H and O–H groups in total. The van der Waals surface area contributed by atoms with Crippen LogP contribution in [0.2, 0.25) is 0 Å². The van der Waals surface area contributed by atoms with Gasteiger partial charge in [0.05, 0.1) is 0 Å². The number of hydrogen-bond donors (Lipinski definition) is 0. The molecule has 0 nitrogen and oxygen atoms in total. The molecule has 0 heterocycles. The number of allylic oxidation sites excluding steroid dienone is 12. The third-order valence-corrected chi connectivity index (χ3v) is 3.57. The molecule has 134 valence electrons. The van der Waals surface area contributed by atoms with Crippen molar-refractivity contribution in [2.24, 2.45) is 0 Å². The van der Waals surface area contributed by atoms with Gasteiger partial charge in [-0.3, -0.25) is 0 Å². The van der Waals surface area contributed by atoms with E-state index in [4.69, 9.17) is 0 Å². The normalized spacial score (nSPS) is 13.2. The van der Waals surface area contributed by atoms with Gasteiger partial charge in [0, 0.05) is 0 Å². The van der Waals surface area contributed by atoms with Crippen molar-refractivity contribution in [3.05, 3.63) is 72.9 Å². The van der Waals surface area contributed by atoms with Gasteiger partial charge >= 0.3 is 0 Å². The number of rotatable bonds is 15. The fourth-order valence-electron chi connectivity index (χ4n) is 2.15. The van der Waals surface area contributed by atoms with Gasteiger partial charge in [-0.2, -0.15) is 0 Å². The average Bonchev–Trinajstić information content (AvgIpc) is 2.60. The minimum absolute atomic E-state index is 1.04. The van der Waals surface area contributed by atoms with Crippen LogP contribution >= 0.6 is 0 Å². The second-order valence-electron chi connectivity index (χ2n) is 5.91. The van der Waals surface area contributed by atoms with Gasteiger partial charge in [-0.05, 0) is 51.4 Å². The Hall–Kier alpha value is -1.56. The maximum Gasteiger partial charge on any atom is -0.0169 e. The van der Waals surface area contributed by atoms with Gasteiger partial charge in [-0.1, -0.05) is 99.6 Å². The summed E-state index contributed by atoms with van der Waals surface area (Å²) < 4.78 is 0. The Bertz CT molecular complexity index is 402. The molecule has 0 radical (unpaired) electrons. The van der Waals surface area contributed by atoms with Crippen molar-refractivity contribution in [1.29, 1.82) is 0 Å². The van der Waals surface area contributed by atoms with E-state index in [2.05, 4.69) is 86.8 Å². The molecule has 24 heavy (non-hydrogen) atoms. The SMILES string of the molecule is CCC=CCC=CCC=CCC=CCC=CC/C=C\CCCCC. The van der Waals surface area contributed by atoms with Gasteiger partial charge in [0.1, 0.15) is 0 Å². The highest BCUT2D eigenvalue weighted by atomic mass is 13.9. The quantitative estimate of drug-likeness (QED) is 0.210. The molecule has 0 aromatic heterocycles. The highest BCUT2D eigenvalue weighted by molar-refractivity contribution is 5.01. The lowest BCUT2D eigenvalue weighted by Crippen LogP contribution is -1.70. The molecule has 0 aromatic carbocycles. The van der Waals surface area contributed by atoms with E-state index in [1.807, 2.05) is 0 Å². The zero-order chi connectivity index (χ0) is 17.6. The van der Waals surface area contributed by atoms with Crippen LogP contribution in [0.1, 0.15) is 78.1 Å². The van der Waals surface area contributed by atoms with Crippen molar-refractivity contribution in [3.63, 3.8) is 0 Å². The summed E-state index contributed by atoms with van der Waals surface area (Å²) in [6, 6.07) is 0. The summed E-state index contributed by atoms with van der Waals surface area (Å²) in [6.07, 6.45) is 38.6. The summed E-state index contributed by atoms with van der Waals surface area (Å²) >= 11 is 0. The second kappa shape index (κ2) is 21.4. The minimum Gasteiger partial charge on any atom is -0.0885 e. The maximum absolute atomic E-state index is 2.31. The third kappa shape index (κ3) is 20.4. The predicted molar refractivity (Wildman–Crippen MR) is 112 cm³/mol. The van der Waals surface area contributed by atoms with E-state index in [9.17, 15) is 0 Å². The van der Waals surface area contributed by atoms with E-state index in [1.165, 1.54) is 25.7 Å². The number of hydrogen-bond acceptors (Lipinski definition) is 0. The summed E-state index contributed by atoms with van der Waals surface area (Å²) in [5.74, 6) is 0. The Kier molecular flexibility index (Phi) is 20.0. The lowest BCUT2D eigenvalue weighted by molar-refractivity contribution is 0.728. The average molecular weight is 327 g/mol. The van der Waals surface area contributed by atoms with Crippen LogP contribution in [0.15, 0.2) is 72.9 Å². The first kappa shape index (κ1) is 22.4. The van der Waals surface area contributed by atoms with Crippen molar-refractivity contribution in [2.75, 3.05) is 0 Å². The Balaban J connectivity index is 3.46. The summed E-state index contributed by atoms with van der Waals surface area (Å²) in [5, 5.41) is 0. The maximum atomic E-state index is 2.31. The predicted octanol–water partition coefficient (Wildman–Crippen LogP) is 8.26. The minimum atomic E-state index is 1.04.